The van der Waals surface area contributed by atoms with E-state index >= 15 is 0 Å². The van der Waals surface area contributed by atoms with Gasteiger partial charge in [0, 0.05) is 37.9 Å². The van der Waals surface area contributed by atoms with Crippen molar-refractivity contribution in [3.05, 3.63) is 29.6 Å². The Balaban J connectivity index is 2.19. The van der Waals surface area contributed by atoms with Crippen LogP contribution < -0.4 is 4.90 Å². The second-order valence-electron chi connectivity index (χ2n) is 4.36. The van der Waals surface area contributed by atoms with Crippen LogP contribution in [0.5, 0.6) is 0 Å². The molecular weight excluding hydrogens is 241 g/mol. The van der Waals surface area contributed by atoms with Crippen molar-refractivity contribution in [2.24, 2.45) is 0 Å². The molecule has 0 saturated carbocycles. The van der Waals surface area contributed by atoms with Crippen molar-refractivity contribution in [3.63, 3.8) is 0 Å². The Bertz CT molecular complexity index is 380. The van der Waals surface area contributed by atoms with E-state index in [9.17, 15) is 4.39 Å². The summed E-state index contributed by atoms with van der Waals surface area (Å²) in [4.78, 5) is 2.19. The zero-order chi connectivity index (χ0) is 12.3. The number of anilines is 1. The van der Waals surface area contributed by atoms with Crippen LogP contribution in [0.3, 0.4) is 0 Å². The molecule has 4 heteroatoms. The van der Waals surface area contributed by atoms with Crippen LogP contribution in [0.1, 0.15) is 18.4 Å². The van der Waals surface area contributed by atoms with Crippen LogP contribution in [0.15, 0.2) is 18.2 Å². The van der Waals surface area contributed by atoms with Gasteiger partial charge in [-0.3, -0.25) is 0 Å². The van der Waals surface area contributed by atoms with Gasteiger partial charge in [-0.15, -0.1) is 11.6 Å². The third-order valence-corrected chi connectivity index (χ3v) is 3.59. The second-order valence-corrected chi connectivity index (χ2v) is 4.63. The molecule has 0 radical (unpaired) electrons. The summed E-state index contributed by atoms with van der Waals surface area (Å²) >= 11 is 5.87. The number of rotatable bonds is 3. The highest BCUT2D eigenvalue weighted by atomic mass is 35.5. The van der Waals surface area contributed by atoms with Crippen molar-refractivity contribution in [1.82, 2.24) is 0 Å². The maximum atomic E-state index is 13.1. The molecule has 2 nitrogen and oxygen atoms in total. The molecule has 0 amide bonds. The van der Waals surface area contributed by atoms with E-state index in [4.69, 9.17) is 16.3 Å². The summed E-state index contributed by atoms with van der Waals surface area (Å²) in [7, 11) is 2.04. The Kier molecular flexibility index (Phi) is 4.24. The first-order valence-electron chi connectivity index (χ1n) is 5.87. The lowest BCUT2D eigenvalue weighted by Crippen LogP contribution is -2.37. The Morgan fingerprint density at radius 3 is 2.76 bits per heavy atom. The topological polar surface area (TPSA) is 12.5 Å². The first-order chi connectivity index (χ1) is 8.22. The molecule has 1 aliphatic rings. The van der Waals surface area contributed by atoms with Crippen molar-refractivity contribution in [2.45, 2.75) is 24.8 Å². The van der Waals surface area contributed by atoms with Crippen molar-refractivity contribution in [1.29, 1.82) is 0 Å². The predicted molar refractivity (Wildman–Crippen MR) is 68.2 cm³/mol. The average molecular weight is 258 g/mol. The molecule has 1 aromatic rings. The van der Waals surface area contributed by atoms with Crippen LogP contribution in [0.2, 0.25) is 0 Å². The molecule has 0 bridgehead atoms. The van der Waals surface area contributed by atoms with E-state index < -0.39 is 0 Å². The minimum atomic E-state index is -0.232. The van der Waals surface area contributed by atoms with Gasteiger partial charge in [0.25, 0.3) is 0 Å². The van der Waals surface area contributed by atoms with E-state index in [0.29, 0.717) is 11.9 Å². The van der Waals surface area contributed by atoms with Gasteiger partial charge in [-0.2, -0.15) is 0 Å². The number of ether oxygens (including phenoxy) is 1. The molecule has 94 valence electrons. The fourth-order valence-electron chi connectivity index (χ4n) is 2.27. The molecule has 1 fully saturated rings. The number of benzene rings is 1. The van der Waals surface area contributed by atoms with E-state index in [1.807, 2.05) is 13.1 Å². The van der Waals surface area contributed by atoms with Crippen LogP contribution in [-0.2, 0) is 10.6 Å². The smallest absolute Gasteiger partial charge is 0.123 e. The van der Waals surface area contributed by atoms with Gasteiger partial charge in [-0.1, -0.05) is 0 Å². The number of alkyl halides is 1. The van der Waals surface area contributed by atoms with Gasteiger partial charge in [0.1, 0.15) is 5.82 Å². The SMILES string of the molecule is CN(c1ccc(F)cc1CCl)C1CCOCC1. The number of halogens is 2. The van der Waals surface area contributed by atoms with Gasteiger partial charge in [-0.05, 0) is 36.6 Å². The Morgan fingerprint density at radius 2 is 2.12 bits per heavy atom. The Morgan fingerprint density at radius 1 is 1.41 bits per heavy atom. The minimum absolute atomic E-state index is 0.232. The molecule has 0 aliphatic carbocycles. The van der Waals surface area contributed by atoms with Gasteiger partial charge in [-0.25, -0.2) is 4.39 Å². The summed E-state index contributed by atoms with van der Waals surface area (Å²) in [6, 6.07) is 5.26. The van der Waals surface area contributed by atoms with Crippen LogP contribution in [0, 0.1) is 5.82 Å². The summed E-state index contributed by atoms with van der Waals surface area (Å²) in [5.74, 6) is 0.102. The second kappa shape index (κ2) is 5.69. The van der Waals surface area contributed by atoms with Crippen molar-refractivity contribution in [3.8, 4) is 0 Å². The molecule has 0 atom stereocenters. The van der Waals surface area contributed by atoms with Crippen LogP contribution >= 0.6 is 11.6 Å². The Hall–Kier alpha value is -0.800. The molecule has 1 heterocycles. The third kappa shape index (κ3) is 2.90. The van der Waals surface area contributed by atoms with E-state index in [1.54, 1.807) is 0 Å². The maximum Gasteiger partial charge on any atom is 0.123 e. The van der Waals surface area contributed by atoms with Gasteiger partial charge in [0.05, 0.1) is 0 Å². The molecule has 2 rings (SSSR count). The highest BCUT2D eigenvalue weighted by molar-refractivity contribution is 6.17. The highest BCUT2D eigenvalue weighted by Gasteiger charge is 2.20. The zero-order valence-electron chi connectivity index (χ0n) is 9.96. The van der Waals surface area contributed by atoms with Gasteiger partial charge in [0.15, 0.2) is 0 Å². The van der Waals surface area contributed by atoms with Gasteiger partial charge in [0.2, 0.25) is 0 Å². The van der Waals surface area contributed by atoms with E-state index in [1.165, 1.54) is 12.1 Å². The van der Waals surface area contributed by atoms with Gasteiger partial charge < -0.3 is 9.64 Å². The molecule has 17 heavy (non-hydrogen) atoms. The Labute approximate surface area is 106 Å². The van der Waals surface area contributed by atoms with Gasteiger partial charge >= 0.3 is 0 Å². The molecule has 0 aromatic heterocycles. The number of hydrogen-bond donors (Lipinski definition) is 0. The molecular formula is C13H17ClFNO. The summed E-state index contributed by atoms with van der Waals surface area (Å²) in [6.07, 6.45) is 2.02. The lowest BCUT2D eigenvalue weighted by atomic mass is 10.1. The fraction of sp³-hybridized carbons (Fsp3) is 0.538. The molecule has 0 spiro atoms. The van der Waals surface area contributed by atoms with E-state index in [-0.39, 0.29) is 5.82 Å². The minimum Gasteiger partial charge on any atom is -0.381 e. The van der Waals surface area contributed by atoms with Crippen LogP contribution in [0.25, 0.3) is 0 Å². The van der Waals surface area contributed by atoms with Crippen LogP contribution in [-0.4, -0.2) is 26.3 Å². The molecule has 1 aliphatic heterocycles. The predicted octanol–water partition coefficient (Wildman–Crippen LogP) is 3.18. The molecule has 0 N–H and O–H groups in total. The van der Waals surface area contributed by atoms with E-state index in [2.05, 4.69) is 4.90 Å². The third-order valence-electron chi connectivity index (χ3n) is 3.30. The summed E-state index contributed by atoms with van der Waals surface area (Å²) in [5, 5.41) is 0. The fourth-order valence-corrected chi connectivity index (χ4v) is 2.49. The average Bonchev–Trinajstić information content (AvgIpc) is 2.39. The van der Waals surface area contributed by atoms with Crippen molar-refractivity contribution < 1.29 is 9.13 Å². The zero-order valence-corrected chi connectivity index (χ0v) is 10.7. The normalized spacial score (nSPS) is 17.1. The molecule has 1 saturated heterocycles. The first-order valence-corrected chi connectivity index (χ1v) is 6.41. The van der Waals surface area contributed by atoms with E-state index in [0.717, 1.165) is 37.3 Å². The maximum absolute atomic E-state index is 13.1. The molecule has 1 aromatic carbocycles. The van der Waals surface area contributed by atoms with Crippen LogP contribution in [0.4, 0.5) is 10.1 Å². The summed E-state index contributed by atoms with van der Waals surface area (Å²) < 4.78 is 18.5. The highest BCUT2D eigenvalue weighted by Crippen LogP contribution is 2.26. The number of nitrogens with zero attached hydrogens (tertiary/aromatic N) is 1. The standard InChI is InChI=1S/C13H17ClFNO/c1-16(12-4-6-17-7-5-12)13-3-2-11(15)8-10(13)9-14/h2-3,8,12H,4-7,9H2,1H3. The quantitative estimate of drug-likeness (QED) is 0.771. The lowest BCUT2D eigenvalue weighted by molar-refractivity contribution is 0.0854. The lowest BCUT2D eigenvalue weighted by Gasteiger charge is -2.34. The summed E-state index contributed by atoms with van der Waals surface area (Å²) in [6.45, 7) is 1.60. The largest absolute Gasteiger partial charge is 0.381 e. The molecule has 0 unspecified atom stereocenters. The van der Waals surface area contributed by atoms with Crippen molar-refractivity contribution >= 4 is 17.3 Å². The van der Waals surface area contributed by atoms with Crippen molar-refractivity contribution in [2.75, 3.05) is 25.2 Å². The monoisotopic (exact) mass is 257 g/mol. The summed E-state index contributed by atoms with van der Waals surface area (Å²) in [5.41, 5.74) is 1.87. The number of hydrogen-bond acceptors (Lipinski definition) is 2. The first kappa shape index (κ1) is 12.7.